The molecule has 1 aromatic heterocycles. The van der Waals surface area contributed by atoms with Gasteiger partial charge in [-0.05, 0) is 47.3 Å². The first-order valence-electron chi connectivity index (χ1n) is 4.90. The molecule has 14 heavy (non-hydrogen) atoms. The summed E-state index contributed by atoms with van der Waals surface area (Å²) in [7, 11) is 0. The second-order valence-corrected chi connectivity index (χ2v) is 6.05. The predicted molar refractivity (Wildman–Crippen MR) is 62.5 cm³/mol. The fraction of sp³-hybridized carbons (Fsp3) is 0.600. The molecule has 0 saturated carbocycles. The highest BCUT2D eigenvalue weighted by atomic mass is 79.9. The van der Waals surface area contributed by atoms with E-state index in [1.165, 1.54) is 15.1 Å². The molecule has 0 spiro atoms. The fourth-order valence-corrected chi connectivity index (χ4v) is 3.28. The van der Waals surface area contributed by atoms with E-state index in [0.717, 1.165) is 12.8 Å². The maximum absolute atomic E-state index is 5.90. The summed E-state index contributed by atoms with van der Waals surface area (Å²) in [5, 5.41) is 0. The van der Waals surface area contributed by atoms with Gasteiger partial charge in [0, 0.05) is 11.4 Å². The molecule has 1 aliphatic rings. The van der Waals surface area contributed by atoms with Gasteiger partial charge in [-0.25, -0.2) is 0 Å². The van der Waals surface area contributed by atoms with Crippen LogP contribution >= 0.6 is 27.3 Å². The van der Waals surface area contributed by atoms with Crippen molar-refractivity contribution in [3.63, 3.8) is 0 Å². The van der Waals surface area contributed by atoms with Crippen LogP contribution in [-0.2, 0) is 4.74 Å². The first-order chi connectivity index (χ1) is 6.79. The average molecular weight is 276 g/mol. The monoisotopic (exact) mass is 275 g/mol. The third kappa shape index (κ3) is 2.37. The molecule has 78 valence electrons. The van der Waals surface area contributed by atoms with Crippen molar-refractivity contribution in [3.05, 3.63) is 20.8 Å². The summed E-state index contributed by atoms with van der Waals surface area (Å²) < 4.78 is 7.07. The topological polar surface area (TPSA) is 35.2 Å². The van der Waals surface area contributed by atoms with E-state index in [9.17, 15) is 0 Å². The van der Waals surface area contributed by atoms with Crippen LogP contribution in [0.1, 0.15) is 30.2 Å². The highest BCUT2D eigenvalue weighted by molar-refractivity contribution is 9.11. The van der Waals surface area contributed by atoms with Gasteiger partial charge in [0.1, 0.15) is 0 Å². The van der Waals surface area contributed by atoms with Crippen molar-refractivity contribution < 1.29 is 4.74 Å². The minimum absolute atomic E-state index is 0.259. The molecule has 2 atom stereocenters. The maximum Gasteiger partial charge on any atom is 0.0921 e. The Morgan fingerprint density at radius 2 is 2.36 bits per heavy atom. The van der Waals surface area contributed by atoms with Gasteiger partial charge in [0.05, 0.1) is 16.0 Å². The first-order valence-corrected chi connectivity index (χ1v) is 6.51. The average Bonchev–Trinajstić information content (AvgIpc) is 2.65. The minimum atomic E-state index is 0.259. The molecule has 2 N–H and O–H groups in total. The quantitative estimate of drug-likeness (QED) is 0.901. The summed E-state index contributed by atoms with van der Waals surface area (Å²) in [6.45, 7) is 0.642. The molecule has 1 aliphatic heterocycles. The zero-order valence-corrected chi connectivity index (χ0v) is 10.3. The number of halogens is 1. The van der Waals surface area contributed by atoms with Crippen LogP contribution in [0.3, 0.4) is 0 Å². The van der Waals surface area contributed by atoms with E-state index in [0.29, 0.717) is 6.54 Å². The van der Waals surface area contributed by atoms with Gasteiger partial charge in [0.25, 0.3) is 0 Å². The predicted octanol–water partition coefficient (Wildman–Crippen LogP) is 3.08. The van der Waals surface area contributed by atoms with Crippen LogP contribution in [0.2, 0.25) is 0 Å². The number of nitrogens with two attached hydrogens (primary N) is 1. The Labute approximate surface area is 96.6 Å². The van der Waals surface area contributed by atoms with Crippen LogP contribution in [0.15, 0.2) is 15.9 Å². The van der Waals surface area contributed by atoms with E-state index >= 15 is 0 Å². The van der Waals surface area contributed by atoms with Gasteiger partial charge in [0.2, 0.25) is 0 Å². The number of thiophene rings is 1. The molecule has 0 amide bonds. The zero-order chi connectivity index (χ0) is 9.97. The summed E-state index contributed by atoms with van der Waals surface area (Å²) >= 11 is 5.23. The molecule has 2 nitrogen and oxygen atoms in total. The summed E-state index contributed by atoms with van der Waals surface area (Å²) in [5.74, 6) is 0. The van der Waals surface area contributed by atoms with Crippen LogP contribution < -0.4 is 5.73 Å². The van der Waals surface area contributed by atoms with Gasteiger partial charge in [-0.15, -0.1) is 11.3 Å². The number of hydrogen-bond donors (Lipinski definition) is 1. The van der Waals surface area contributed by atoms with Gasteiger partial charge in [-0.3, -0.25) is 0 Å². The minimum Gasteiger partial charge on any atom is -0.368 e. The van der Waals surface area contributed by atoms with Gasteiger partial charge >= 0.3 is 0 Å². The van der Waals surface area contributed by atoms with Crippen molar-refractivity contribution in [3.8, 4) is 0 Å². The van der Waals surface area contributed by atoms with Crippen molar-refractivity contribution >= 4 is 27.3 Å². The molecule has 4 heteroatoms. The smallest absolute Gasteiger partial charge is 0.0921 e. The zero-order valence-electron chi connectivity index (χ0n) is 7.91. The second kappa shape index (κ2) is 4.75. The normalized spacial score (nSPS) is 27.9. The van der Waals surface area contributed by atoms with Gasteiger partial charge in [0.15, 0.2) is 0 Å². The van der Waals surface area contributed by atoms with E-state index in [1.807, 2.05) is 0 Å². The van der Waals surface area contributed by atoms with Gasteiger partial charge < -0.3 is 10.5 Å². The molecule has 2 unspecified atom stereocenters. The number of ether oxygens (including phenoxy) is 1. The Balaban J connectivity index is 2.04. The summed E-state index contributed by atoms with van der Waals surface area (Å²) in [5.41, 5.74) is 5.62. The van der Waals surface area contributed by atoms with E-state index in [-0.39, 0.29) is 12.2 Å². The van der Waals surface area contributed by atoms with Crippen LogP contribution in [0, 0.1) is 0 Å². The number of hydrogen-bond acceptors (Lipinski definition) is 3. The number of rotatable bonds is 2. The largest absolute Gasteiger partial charge is 0.368 e. The van der Waals surface area contributed by atoms with Gasteiger partial charge in [-0.2, -0.15) is 0 Å². The van der Waals surface area contributed by atoms with Gasteiger partial charge in [-0.1, -0.05) is 0 Å². The molecule has 0 aromatic carbocycles. The van der Waals surface area contributed by atoms with Crippen molar-refractivity contribution in [1.29, 1.82) is 0 Å². The summed E-state index contributed by atoms with van der Waals surface area (Å²) in [6.07, 6.45) is 3.99. The van der Waals surface area contributed by atoms with Crippen LogP contribution in [0.25, 0.3) is 0 Å². The fourth-order valence-electron chi connectivity index (χ4n) is 1.78. The SMILES string of the molecule is NCC1CCCC(c2ccc(Br)s2)O1. The lowest BCUT2D eigenvalue weighted by Gasteiger charge is -2.28. The highest BCUT2D eigenvalue weighted by Gasteiger charge is 2.23. The molecule has 2 heterocycles. The Kier molecular flexibility index (Phi) is 3.60. The molecule has 1 fully saturated rings. The van der Waals surface area contributed by atoms with Crippen LogP contribution in [-0.4, -0.2) is 12.6 Å². The lowest BCUT2D eigenvalue weighted by atomic mass is 10.0. The molecule has 2 rings (SSSR count). The highest BCUT2D eigenvalue weighted by Crippen LogP contribution is 2.36. The van der Waals surface area contributed by atoms with Crippen molar-refractivity contribution in [2.24, 2.45) is 5.73 Å². The van der Waals surface area contributed by atoms with E-state index in [2.05, 4.69) is 28.1 Å². The summed E-state index contributed by atoms with van der Waals surface area (Å²) in [6, 6.07) is 4.22. The third-order valence-electron chi connectivity index (χ3n) is 2.52. The van der Waals surface area contributed by atoms with Crippen molar-refractivity contribution in [1.82, 2.24) is 0 Å². The Morgan fingerprint density at radius 3 is 3.00 bits per heavy atom. The Bertz CT molecular complexity index is 302. The van der Waals surface area contributed by atoms with E-state index < -0.39 is 0 Å². The standard InChI is InChI=1S/C10H14BrNOS/c11-10-5-4-9(14-10)8-3-1-2-7(6-12)13-8/h4-5,7-8H,1-3,6,12H2. The van der Waals surface area contributed by atoms with E-state index in [1.54, 1.807) is 11.3 Å². The second-order valence-electron chi connectivity index (χ2n) is 3.56. The summed E-state index contributed by atoms with van der Waals surface area (Å²) in [4.78, 5) is 1.31. The lowest BCUT2D eigenvalue weighted by Crippen LogP contribution is -2.29. The van der Waals surface area contributed by atoms with Crippen LogP contribution in [0.4, 0.5) is 0 Å². The first kappa shape index (κ1) is 10.6. The van der Waals surface area contributed by atoms with Crippen molar-refractivity contribution in [2.45, 2.75) is 31.5 Å². The molecular formula is C10H14BrNOS. The molecule has 1 saturated heterocycles. The van der Waals surface area contributed by atoms with Crippen LogP contribution in [0.5, 0.6) is 0 Å². The Hall–Kier alpha value is 0.1000. The lowest BCUT2D eigenvalue weighted by molar-refractivity contribution is -0.0444. The molecule has 0 aliphatic carbocycles. The Morgan fingerprint density at radius 1 is 1.50 bits per heavy atom. The maximum atomic E-state index is 5.90. The molecular weight excluding hydrogens is 262 g/mol. The third-order valence-corrected chi connectivity index (χ3v) is 4.24. The molecule has 0 radical (unpaired) electrons. The molecule has 1 aromatic rings. The van der Waals surface area contributed by atoms with Crippen molar-refractivity contribution in [2.75, 3.05) is 6.54 Å². The van der Waals surface area contributed by atoms with E-state index in [4.69, 9.17) is 10.5 Å². The molecule has 0 bridgehead atoms.